The summed E-state index contributed by atoms with van der Waals surface area (Å²) in [5.41, 5.74) is 1.74. The van der Waals surface area contributed by atoms with Crippen LogP contribution in [0.15, 0.2) is 77.7 Å². The number of hydrogen-bond donors (Lipinski definition) is 1. The van der Waals surface area contributed by atoms with Crippen LogP contribution in [0.2, 0.25) is 10.0 Å². The third-order valence-electron chi connectivity index (χ3n) is 6.00. The van der Waals surface area contributed by atoms with Crippen LogP contribution in [0.1, 0.15) is 31.4 Å². The van der Waals surface area contributed by atoms with Gasteiger partial charge in [-0.25, -0.2) is 8.42 Å². The van der Waals surface area contributed by atoms with Gasteiger partial charge in [0.25, 0.3) is 10.0 Å². The molecule has 38 heavy (non-hydrogen) atoms. The number of nitrogens with one attached hydrogen (secondary N) is 1. The molecule has 0 aliphatic rings. The Morgan fingerprint density at radius 2 is 1.61 bits per heavy atom. The summed E-state index contributed by atoms with van der Waals surface area (Å²) in [6, 6.07) is 19.2. The zero-order valence-electron chi connectivity index (χ0n) is 21.5. The van der Waals surface area contributed by atoms with E-state index in [1.807, 2.05) is 44.2 Å². The van der Waals surface area contributed by atoms with Crippen molar-refractivity contribution in [2.75, 3.05) is 17.4 Å². The number of anilines is 1. The van der Waals surface area contributed by atoms with Gasteiger partial charge >= 0.3 is 0 Å². The summed E-state index contributed by atoms with van der Waals surface area (Å²) in [6.45, 7) is 5.38. The standard InChI is InChI=1S/C28H31Cl2N3O4S/c1-4-17-31-28(35)21(3)32(18-22-9-6-5-7-10-22)26(34)19-33(25-12-8-11-24(29)27(25)30)38(36,37)23-15-13-20(2)14-16-23/h5-16,21H,4,17-19H2,1-3H3,(H,31,35). The average Bonchev–Trinajstić information content (AvgIpc) is 2.91. The largest absolute Gasteiger partial charge is 0.354 e. The number of carbonyl (C=O) groups excluding carboxylic acids is 2. The van der Waals surface area contributed by atoms with Crippen LogP contribution in [-0.4, -0.2) is 44.3 Å². The molecule has 3 aromatic rings. The van der Waals surface area contributed by atoms with Crippen LogP contribution in [0.5, 0.6) is 0 Å². The summed E-state index contributed by atoms with van der Waals surface area (Å²) < 4.78 is 28.6. The van der Waals surface area contributed by atoms with E-state index in [1.54, 1.807) is 25.1 Å². The van der Waals surface area contributed by atoms with E-state index in [4.69, 9.17) is 23.2 Å². The van der Waals surface area contributed by atoms with E-state index in [-0.39, 0.29) is 33.1 Å². The van der Waals surface area contributed by atoms with Crippen molar-refractivity contribution in [3.05, 3.63) is 94.0 Å². The Morgan fingerprint density at radius 1 is 0.947 bits per heavy atom. The number of carbonyl (C=O) groups is 2. The number of benzene rings is 3. The van der Waals surface area contributed by atoms with Crippen molar-refractivity contribution < 1.29 is 18.0 Å². The topological polar surface area (TPSA) is 86.8 Å². The highest BCUT2D eigenvalue weighted by molar-refractivity contribution is 7.92. The van der Waals surface area contributed by atoms with E-state index in [0.717, 1.165) is 21.9 Å². The SMILES string of the molecule is CCCNC(=O)C(C)N(Cc1ccccc1)C(=O)CN(c1cccc(Cl)c1Cl)S(=O)(=O)c1ccc(C)cc1. The molecule has 1 atom stereocenters. The summed E-state index contributed by atoms with van der Waals surface area (Å²) in [5.74, 6) is -0.899. The Morgan fingerprint density at radius 3 is 2.24 bits per heavy atom. The first-order valence-electron chi connectivity index (χ1n) is 12.2. The molecular formula is C28H31Cl2N3O4S. The molecule has 10 heteroatoms. The fourth-order valence-electron chi connectivity index (χ4n) is 3.79. The third kappa shape index (κ3) is 7.07. The van der Waals surface area contributed by atoms with Gasteiger partial charge in [-0.1, -0.05) is 84.2 Å². The number of halogens is 2. The Bertz CT molecular complexity index is 1370. The van der Waals surface area contributed by atoms with Gasteiger partial charge in [-0.3, -0.25) is 13.9 Å². The highest BCUT2D eigenvalue weighted by atomic mass is 35.5. The number of hydrogen-bond acceptors (Lipinski definition) is 4. The Balaban J connectivity index is 2.05. The Hall–Kier alpha value is -3.07. The van der Waals surface area contributed by atoms with E-state index >= 15 is 0 Å². The Labute approximate surface area is 234 Å². The molecule has 2 amide bonds. The molecule has 1 N–H and O–H groups in total. The molecule has 0 saturated carbocycles. The van der Waals surface area contributed by atoms with Gasteiger partial charge < -0.3 is 10.2 Å². The maximum absolute atomic E-state index is 13.8. The molecule has 7 nitrogen and oxygen atoms in total. The van der Waals surface area contributed by atoms with Gasteiger partial charge in [0.05, 0.1) is 20.6 Å². The van der Waals surface area contributed by atoms with Crippen molar-refractivity contribution in [3.63, 3.8) is 0 Å². The fourth-order valence-corrected chi connectivity index (χ4v) is 5.67. The first kappa shape index (κ1) is 29.5. The van der Waals surface area contributed by atoms with Crippen molar-refractivity contribution in [1.82, 2.24) is 10.2 Å². The van der Waals surface area contributed by atoms with Gasteiger partial charge in [0, 0.05) is 13.1 Å². The highest BCUT2D eigenvalue weighted by Gasteiger charge is 2.33. The second kappa shape index (κ2) is 13.1. The molecule has 0 spiro atoms. The molecule has 0 radical (unpaired) electrons. The second-order valence-electron chi connectivity index (χ2n) is 8.87. The van der Waals surface area contributed by atoms with E-state index < -0.39 is 28.5 Å². The van der Waals surface area contributed by atoms with Gasteiger partial charge in [-0.2, -0.15) is 0 Å². The van der Waals surface area contributed by atoms with Crippen LogP contribution in [0.3, 0.4) is 0 Å². The van der Waals surface area contributed by atoms with Crippen molar-refractivity contribution in [2.24, 2.45) is 0 Å². The summed E-state index contributed by atoms with van der Waals surface area (Å²) in [6.07, 6.45) is 0.737. The lowest BCUT2D eigenvalue weighted by atomic mass is 10.1. The number of amides is 2. The molecule has 0 aliphatic carbocycles. The number of rotatable bonds is 11. The van der Waals surface area contributed by atoms with Crippen molar-refractivity contribution >= 4 is 50.7 Å². The Kier molecular flexibility index (Phi) is 10.2. The predicted octanol–water partition coefficient (Wildman–Crippen LogP) is 5.44. The van der Waals surface area contributed by atoms with Gasteiger partial charge in [0.2, 0.25) is 11.8 Å². The summed E-state index contributed by atoms with van der Waals surface area (Å²) in [4.78, 5) is 28.1. The van der Waals surface area contributed by atoms with Gasteiger partial charge in [0.15, 0.2) is 0 Å². The van der Waals surface area contributed by atoms with Crippen LogP contribution in [0.4, 0.5) is 5.69 Å². The van der Waals surface area contributed by atoms with Crippen molar-refractivity contribution in [2.45, 2.75) is 44.7 Å². The molecule has 3 rings (SSSR count). The van der Waals surface area contributed by atoms with Crippen LogP contribution in [-0.2, 0) is 26.2 Å². The normalized spacial score (nSPS) is 12.0. The van der Waals surface area contributed by atoms with E-state index in [1.165, 1.54) is 29.2 Å². The minimum atomic E-state index is -4.23. The molecule has 0 bridgehead atoms. The lowest BCUT2D eigenvalue weighted by molar-refractivity contribution is -0.139. The van der Waals surface area contributed by atoms with Gasteiger partial charge in [-0.15, -0.1) is 0 Å². The quantitative estimate of drug-likeness (QED) is 0.330. The second-order valence-corrected chi connectivity index (χ2v) is 11.5. The van der Waals surface area contributed by atoms with Crippen LogP contribution in [0.25, 0.3) is 0 Å². The average molecular weight is 577 g/mol. The number of sulfonamides is 1. The molecule has 0 aliphatic heterocycles. The van der Waals surface area contributed by atoms with E-state index in [0.29, 0.717) is 6.54 Å². The minimum Gasteiger partial charge on any atom is -0.354 e. The monoisotopic (exact) mass is 575 g/mol. The minimum absolute atomic E-state index is 0.000926. The molecule has 0 fully saturated rings. The van der Waals surface area contributed by atoms with Crippen molar-refractivity contribution in [1.29, 1.82) is 0 Å². The van der Waals surface area contributed by atoms with E-state index in [9.17, 15) is 18.0 Å². The molecule has 0 aromatic heterocycles. The summed E-state index contributed by atoms with van der Waals surface area (Å²) in [7, 11) is -4.23. The zero-order valence-corrected chi connectivity index (χ0v) is 23.9. The van der Waals surface area contributed by atoms with Crippen LogP contribution >= 0.6 is 23.2 Å². The molecule has 202 valence electrons. The van der Waals surface area contributed by atoms with Crippen LogP contribution < -0.4 is 9.62 Å². The highest BCUT2D eigenvalue weighted by Crippen LogP contribution is 2.35. The van der Waals surface area contributed by atoms with Crippen molar-refractivity contribution in [3.8, 4) is 0 Å². The molecule has 0 saturated heterocycles. The first-order valence-corrected chi connectivity index (χ1v) is 14.4. The lowest BCUT2D eigenvalue weighted by Crippen LogP contribution is -2.51. The zero-order chi connectivity index (χ0) is 27.9. The molecular weight excluding hydrogens is 545 g/mol. The fraction of sp³-hybridized carbons (Fsp3) is 0.286. The summed E-state index contributed by atoms with van der Waals surface area (Å²) >= 11 is 12.7. The van der Waals surface area contributed by atoms with Crippen LogP contribution in [0, 0.1) is 6.92 Å². The smallest absolute Gasteiger partial charge is 0.264 e. The molecule has 0 heterocycles. The van der Waals surface area contributed by atoms with Gasteiger partial charge in [-0.05, 0) is 50.1 Å². The first-order chi connectivity index (χ1) is 18.1. The molecule has 3 aromatic carbocycles. The number of aryl methyl sites for hydroxylation is 1. The maximum atomic E-state index is 13.8. The predicted molar refractivity (Wildman–Crippen MR) is 152 cm³/mol. The molecule has 1 unspecified atom stereocenters. The van der Waals surface area contributed by atoms with Gasteiger partial charge in [0.1, 0.15) is 12.6 Å². The van der Waals surface area contributed by atoms with E-state index in [2.05, 4.69) is 5.32 Å². The number of nitrogens with zero attached hydrogens (tertiary/aromatic N) is 2. The maximum Gasteiger partial charge on any atom is 0.264 e. The summed E-state index contributed by atoms with van der Waals surface area (Å²) in [5, 5.41) is 2.96. The lowest BCUT2D eigenvalue weighted by Gasteiger charge is -2.32. The third-order valence-corrected chi connectivity index (χ3v) is 8.58.